The van der Waals surface area contributed by atoms with E-state index in [1.165, 1.54) is 24.9 Å². The summed E-state index contributed by atoms with van der Waals surface area (Å²) in [5, 5.41) is 8.85. The molecular weight excluding hydrogens is 334 g/mol. The van der Waals surface area contributed by atoms with Gasteiger partial charge in [0.25, 0.3) is 0 Å². The zero-order valence-electron chi connectivity index (χ0n) is 13.3. The standard InChI is InChI=1S/C15H17N3O5S/c1-3-10(20)16-5-4-6-24-9-7-8(19)12-11(14(9)21)13(18-17-12)15(22)23-2/h7H,3-6H2,1-2H3,(H,16,20)(H,17,18). The van der Waals surface area contributed by atoms with Gasteiger partial charge in [0.2, 0.25) is 17.5 Å². The second-order valence-corrected chi connectivity index (χ2v) is 6.06. The molecule has 0 unspecified atom stereocenters. The van der Waals surface area contributed by atoms with Gasteiger partial charge in [-0.2, -0.15) is 5.10 Å². The number of fused-ring (bicyclic) bond motifs is 1. The van der Waals surface area contributed by atoms with Crippen LogP contribution in [0, 0.1) is 0 Å². The van der Waals surface area contributed by atoms with Gasteiger partial charge in [-0.25, -0.2) is 4.79 Å². The van der Waals surface area contributed by atoms with Crippen molar-refractivity contribution in [3.8, 4) is 0 Å². The number of H-pyrrole nitrogens is 1. The van der Waals surface area contributed by atoms with Gasteiger partial charge in [0, 0.05) is 19.0 Å². The van der Waals surface area contributed by atoms with Crippen LogP contribution in [0.3, 0.4) is 0 Å². The summed E-state index contributed by atoms with van der Waals surface area (Å²) >= 11 is 1.21. The second kappa shape index (κ2) is 7.91. The van der Waals surface area contributed by atoms with E-state index in [-0.39, 0.29) is 27.8 Å². The third-order valence-electron chi connectivity index (χ3n) is 3.32. The highest BCUT2D eigenvalue weighted by atomic mass is 32.2. The summed E-state index contributed by atoms with van der Waals surface area (Å²) in [6.45, 7) is 2.27. The Balaban J connectivity index is 2.02. The smallest absolute Gasteiger partial charge is 0.356 e. The Morgan fingerprint density at radius 3 is 2.79 bits per heavy atom. The van der Waals surface area contributed by atoms with E-state index >= 15 is 0 Å². The van der Waals surface area contributed by atoms with Crippen LogP contribution in [0.5, 0.6) is 0 Å². The average molecular weight is 351 g/mol. The lowest BCUT2D eigenvalue weighted by Gasteiger charge is -2.11. The number of ketones is 2. The minimum atomic E-state index is -0.751. The van der Waals surface area contributed by atoms with Crippen LogP contribution in [0.15, 0.2) is 11.0 Å². The number of hydrogen-bond acceptors (Lipinski definition) is 7. The van der Waals surface area contributed by atoms with Crippen molar-refractivity contribution in [2.45, 2.75) is 19.8 Å². The molecule has 1 aromatic rings. The first kappa shape index (κ1) is 17.9. The number of esters is 1. The number of Topliss-reactive ketones (excluding diaryl/α,β-unsaturated/α-hetero) is 1. The third-order valence-corrected chi connectivity index (χ3v) is 4.43. The molecule has 0 saturated carbocycles. The Morgan fingerprint density at radius 1 is 1.38 bits per heavy atom. The fourth-order valence-corrected chi connectivity index (χ4v) is 3.01. The zero-order valence-corrected chi connectivity index (χ0v) is 14.1. The van der Waals surface area contributed by atoms with Crippen molar-refractivity contribution >= 4 is 35.2 Å². The molecule has 8 nitrogen and oxygen atoms in total. The molecule has 1 heterocycles. The molecule has 0 radical (unpaired) electrons. The van der Waals surface area contributed by atoms with Gasteiger partial charge in [0.15, 0.2) is 5.69 Å². The SMILES string of the molecule is CCC(=O)NCCCSC1=CC(=O)c2n[nH]c(C(=O)OC)c2C1=O. The van der Waals surface area contributed by atoms with Crippen molar-refractivity contribution < 1.29 is 23.9 Å². The molecule has 9 heteroatoms. The zero-order chi connectivity index (χ0) is 17.7. The second-order valence-electron chi connectivity index (χ2n) is 4.92. The third kappa shape index (κ3) is 3.73. The molecule has 1 aliphatic carbocycles. The van der Waals surface area contributed by atoms with Gasteiger partial charge in [-0.05, 0) is 12.2 Å². The van der Waals surface area contributed by atoms with Crippen molar-refractivity contribution in [1.29, 1.82) is 0 Å². The minimum Gasteiger partial charge on any atom is -0.464 e. The van der Waals surface area contributed by atoms with Crippen LogP contribution in [0.25, 0.3) is 0 Å². The van der Waals surface area contributed by atoms with Crippen molar-refractivity contribution in [3.05, 3.63) is 27.9 Å². The molecule has 0 atom stereocenters. The summed E-state index contributed by atoms with van der Waals surface area (Å²) in [4.78, 5) is 47.6. The van der Waals surface area contributed by atoms with Crippen molar-refractivity contribution in [1.82, 2.24) is 15.5 Å². The number of methoxy groups -OCH3 is 1. The first-order chi connectivity index (χ1) is 11.5. The van der Waals surface area contributed by atoms with Crippen LogP contribution in [-0.2, 0) is 9.53 Å². The number of amides is 1. The van der Waals surface area contributed by atoms with Crippen LogP contribution in [0.2, 0.25) is 0 Å². The van der Waals surface area contributed by atoms with E-state index in [9.17, 15) is 19.2 Å². The van der Waals surface area contributed by atoms with Gasteiger partial charge in [-0.15, -0.1) is 11.8 Å². The lowest BCUT2D eigenvalue weighted by Crippen LogP contribution is -2.23. The van der Waals surface area contributed by atoms with E-state index in [1.807, 2.05) is 0 Å². The summed E-state index contributed by atoms with van der Waals surface area (Å²) < 4.78 is 4.59. The van der Waals surface area contributed by atoms with Gasteiger partial charge < -0.3 is 10.1 Å². The number of allylic oxidation sites excluding steroid dienone is 2. The number of nitrogens with one attached hydrogen (secondary N) is 2. The number of rotatable bonds is 7. The number of aromatic nitrogens is 2. The van der Waals surface area contributed by atoms with Crippen molar-refractivity contribution in [3.63, 3.8) is 0 Å². The lowest BCUT2D eigenvalue weighted by atomic mass is 9.99. The average Bonchev–Trinajstić information content (AvgIpc) is 3.03. The summed E-state index contributed by atoms with van der Waals surface area (Å²) in [6.07, 6.45) is 2.30. The fraction of sp³-hybridized carbons (Fsp3) is 0.400. The maximum atomic E-state index is 12.5. The van der Waals surface area contributed by atoms with E-state index in [2.05, 4.69) is 20.3 Å². The molecule has 0 saturated heterocycles. The topological polar surface area (TPSA) is 118 Å². The highest BCUT2D eigenvalue weighted by Crippen LogP contribution is 2.29. The number of carbonyl (C=O) groups is 4. The molecule has 128 valence electrons. The Labute approximate surface area is 142 Å². The summed E-state index contributed by atoms with van der Waals surface area (Å²) in [6, 6.07) is 0. The summed E-state index contributed by atoms with van der Waals surface area (Å²) in [7, 11) is 1.18. The largest absolute Gasteiger partial charge is 0.464 e. The van der Waals surface area contributed by atoms with E-state index in [0.29, 0.717) is 25.1 Å². The Morgan fingerprint density at radius 2 is 2.12 bits per heavy atom. The molecule has 24 heavy (non-hydrogen) atoms. The number of hydrogen-bond donors (Lipinski definition) is 2. The predicted octanol–water partition coefficient (Wildman–Crippen LogP) is 1.11. The maximum Gasteiger partial charge on any atom is 0.356 e. The molecule has 2 rings (SSSR count). The normalized spacial score (nSPS) is 13.3. The Bertz CT molecular complexity index is 723. The maximum absolute atomic E-state index is 12.5. The summed E-state index contributed by atoms with van der Waals surface area (Å²) in [5.74, 6) is -1.10. The molecule has 0 bridgehead atoms. The molecule has 1 amide bonds. The Hall–Kier alpha value is -2.42. The molecule has 1 aromatic heterocycles. The molecule has 0 aromatic carbocycles. The van der Waals surface area contributed by atoms with Crippen LogP contribution in [0.4, 0.5) is 0 Å². The van der Waals surface area contributed by atoms with E-state index in [1.54, 1.807) is 6.92 Å². The highest BCUT2D eigenvalue weighted by Gasteiger charge is 2.34. The molecule has 0 spiro atoms. The van der Waals surface area contributed by atoms with Gasteiger partial charge in [0.1, 0.15) is 5.69 Å². The number of aromatic amines is 1. The van der Waals surface area contributed by atoms with Gasteiger partial charge in [-0.3, -0.25) is 19.5 Å². The highest BCUT2D eigenvalue weighted by molar-refractivity contribution is 8.04. The Kier molecular flexibility index (Phi) is 5.91. The molecule has 1 aliphatic rings. The quantitative estimate of drug-likeness (QED) is 0.558. The van der Waals surface area contributed by atoms with E-state index < -0.39 is 17.5 Å². The number of thioether (sulfide) groups is 1. The molecular formula is C15H17N3O5S. The van der Waals surface area contributed by atoms with Crippen LogP contribution >= 0.6 is 11.8 Å². The minimum absolute atomic E-state index is 0.0334. The first-order valence-corrected chi connectivity index (χ1v) is 8.35. The lowest BCUT2D eigenvalue weighted by molar-refractivity contribution is -0.120. The van der Waals surface area contributed by atoms with Crippen molar-refractivity contribution in [2.24, 2.45) is 0 Å². The monoisotopic (exact) mass is 351 g/mol. The van der Waals surface area contributed by atoms with E-state index in [0.717, 1.165) is 0 Å². The van der Waals surface area contributed by atoms with Crippen molar-refractivity contribution in [2.75, 3.05) is 19.4 Å². The van der Waals surface area contributed by atoms with Crippen LogP contribution in [-0.4, -0.2) is 53.0 Å². The van der Waals surface area contributed by atoms with Gasteiger partial charge in [-0.1, -0.05) is 6.92 Å². The number of ether oxygens (including phenoxy) is 1. The number of carbonyl (C=O) groups excluding carboxylic acids is 4. The van der Waals surface area contributed by atoms with Crippen LogP contribution in [0.1, 0.15) is 51.1 Å². The first-order valence-electron chi connectivity index (χ1n) is 7.36. The fourth-order valence-electron chi connectivity index (χ4n) is 2.08. The van der Waals surface area contributed by atoms with Gasteiger partial charge in [0.05, 0.1) is 17.6 Å². The molecule has 2 N–H and O–H groups in total. The number of nitrogens with zero attached hydrogens (tertiary/aromatic N) is 1. The van der Waals surface area contributed by atoms with Crippen LogP contribution < -0.4 is 5.32 Å². The molecule has 0 aliphatic heterocycles. The molecule has 0 fully saturated rings. The summed E-state index contributed by atoms with van der Waals surface area (Å²) in [5.41, 5.74) is -0.233. The van der Waals surface area contributed by atoms with E-state index in [4.69, 9.17) is 0 Å². The predicted molar refractivity (Wildman–Crippen MR) is 87.0 cm³/mol. The van der Waals surface area contributed by atoms with Gasteiger partial charge >= 0.3 is 5.97 Å².